The number of benzene rings is 1. The van der Waals surface area contributed by atoms with Crippen molar-refractivity contribution in [1.29, 1.82) is 0 Å². The van der Waals surface area contributed by atoms with Gasteiger partial charge in [-0.2, -0.15) is 8.42 Å². The van der Waals surface area contributed by atoms with E-state index in [9.17, 15) is 13.2 Å². The Morgan fingerprint density at radius 1 is 1.27 bits per heavy atom. The number of hydrogen-bond acceptors (Lipinski definition) is 5. The van der Waals surface area contributed by atoms with Gasteiger partial charge in [0, 0.05) is 25.0 Å². The van der Waals surface area contributed by atoms with Gasteiger partial charge >= 0.3 is 6.09 Å². The van der Waals surface area contributed by atoms with E-state index in [4.69, 9.17) is 9.29 Å². The van der Waals surface area contributed by atoms with Crippen molar-refractivity contribution in [3.8, 4) is 0 Å². The zero-order valence-corrected chi connectivity index (χ0v) is 16.5. The van der Waals surface area contributed by atoms with Gasteiger partial charge in [-0.25, -0.2) is 4.79 Å². The van der Waals surface area contributed by atoms with Crippen LogP contribution in [-0.4, -0.2) is 55.2 Å². The molecule has 2 N–H and O–H groups in total. The Bertz CT molecular complexity index is 725. The standard InChI is InChI=1S/C11H20N2O2.C7H8O3S/c1-11(2,3)15-10(14)13-7-8-6-12-5-4-9(8)13;1-6-2-4-7(5-3-6)11(8,9)10/h8-9,12H,4-7H2,1-3H3;2-5H,1H3,(H,8,9,10)/t8-,9-;/m1./s1. The smallest absolute Gasteiger partial charge is 0.410 e. The van der Waals surface area contributed by atoms with Crippen LogP contribution in [-0.2, 0) is 14.9 Å². The number of carbonyl (C=O) groups is 1. The molecule has 2 aliphatic rings. The van der Waals surface area contributed by atoms with E-state index in [1.165, 1.54) is 12.1 Å². The number of fused-ring (bicyclic) bond motifs is 1. The minimum atomic E-state index is -4.02. The number of carbonyl (C=O) groups excluding carboxylic acids is 1. The van der Waals surface area contributed by atoms with Crippen LogP contribution in [0.3, 0.4) is 0 Å². The lowest BCUT2D eigenvalue weighted by Crippen LogP contribution is -2.64. The van der Waals surface area contributed by atoms with E-state index < -0.39 is 10.1 Å². The van der Waals surface area contributed by atoms with Crippen LogP contribution in [0.5, 0.6) is 0 Å². The molecule has 2 saturated heterocycles. The fourth-order valence-corrected chi connectivity index (χ4v) is 3.48. The molecular formula is C18H28N2O5S. The van der Waals surface area contributed by atoms with Crippen molar-refractivity contribution in [3.05, 3.63) is 29.8 Å². The number of amides is 1. The average molecular weight is 384 g/mol. The van der Waals surface area contributed by atoms with Crippen molar-refractivity contribution in [1.82, 2.24) is 10.2 Å². The van der Waals surface area contributed by atoms with Crippen LogP contribution in [0, 0.1) is 12.8 Å². The molecule has 7 nitrogen and oxygen atoms in total. The molecule has 0 unspecified atom stereocenters. The minimum Gasteiger partial charge on any atom is -0.444 e. The number of likely N-dealkylation sites (tertiary alicyclic amines) is 1. The third kappa shape index (κ3) is 5.69. The number of nitrogens with zero attached hydrogens (tertiary/aromatic N) is 1. The molecule has 0 spiro atoms. The van der Waals surface area contributed by atoms with Gasteiger partial charge in [0.05, 0.1) is 4.90 Å². The van der Waals surface area contributed by atoms with E-state index >= 15 is 0 Å². The van der Waals surface area contributed by atoms with Crippen LogP contribution < -0.4 is 5.32 Å². The first-order valence-corrected chi connectivity index (χ1v) is 10.2. The van der Waals surface area contributed by atoms with Crippen LogP contribution in [0.1, 0.15) is 32.8 Å². The van der Waals surface area contributed by atoms with Crippen LogP contribution in [0.15, 0.2) is 29.2 Å². The summed E-state index contributed by atoms with van der Waals surface area (Å²) in [5.74, 6) is 0.645. The number of nitrogens with one attached hydrogen (secondary N) is 1. The molecule has 146 valence electrons. The lowest BCUT2D eigenvalue weighted by Gasteiger charge is -2.50. The Hall–Kier alpha value is -1.64. The van der Waals surface area contributed by atoms with Crippen molar-refractivity contribution >= 4 is 16.2 Å². The molecular weight excluding hydrogens is 356 g/mol. The molecule has 2 fully saturated rings. The molecule has 0 bridgehead atoms. The fraction of sp³-hybridized carbons (Fsp3) is 0.611. The maximum absolute atomic E-state index is 11.8. The van der Waals surface area contributed by atoms with Crippen molar-refractivity contribution < 1.29 is 22.5 Å². The quantitative estimate of drug-likeness (QED) is 0.722. The first-order valence-electron chi connectivity index (χ1n) is 8.72. The molecule has 1 aromatic rings. The molecule has 8 heteroatoms. The predicted octanol–water partition coefficient (Wildman–Crippen LogP) is 2.46. The molecule has 0 saturated carbocycles. The number of piperidine rings is 1. The van der Waals surface area contributed by atoms with E-state index in [1.54, 1.807) is 12.1 Å². The van der Waals surface area contributed by atoms with Crippen LogP contribution in [0.4, 0.5) is 4.79 Å². The summed E-state index contributed by atoms with van der Waals surface area (Å²) in [6.07, 6.45) is 0.912. The summed E-state index contributed by atoms with van der Waals surface area (Å²) < 4.78 is 34.9. The Morgan fingerprint density at radius 3 is 2.38 bits per heavy atom. The van der Waals surface area contributed by atoms with E-state index in [0.29, 0.717) is 12.0 Å². The summed E-state index contributed by atoms with van der Waals surface area (Å²) in [7, 11) is -4.02. The van der Waals surface area contributed by atoms with Gasteiger partial charge in [0.15, 0.2) is 0 Å². The van der Waals surface area contributed by atoms with Crippen LogP contribution in [0.25, 0.3) is 0 Å². The Morgan fingerprint density at radius 2 is 1.88 bits per heavy atom. The lowest BCUT2D eigenvalue weighted by atomic mass is 9.84. The maximum atomic E-state index is 11.8. The summed E-state index contributed by atoms with van der Waals surface area (Å²) in [6, 6.07) is 6.41. The number of ether oxygens (including phenoxy) is 1. The van der Waals surface area contributed by atoms with Gasteiger partial charge in [-0.05, 0) is 52.8 Å². The SMILES string of the molecule is CC(C)(C)OC(=O)N1C[C@H]2CNCC[C@H]21.Cc1ccc(S(=O)(=O)O)cc1. The summed E-state index contributed by atoms with van der Waals surface area (Å²) in [6.45, 7) is 10.5. The first-order chi connectivity index (χ1) is 12.0. The highest BCUT2D eigenvalue weighted by Crippen LogP contribution is 2.30. The second kappa shape index (κ2) is 7.94. The normalized spacial score (nSPS) is 22.4. The molecule has 2 aliphatic heterocycles. The first kappa shape index (κ1) is 20.7. The molecule has 0 aliphatic carbocycles. The average Bonchev–Trinajstić information content (AvgIpc) is 2.47. The fourth-order valence-electron chi connectivity index (χ4n) is 3.00. The van der Waals surface area contributed by atoms with Gasteiger partial charge in [-0.1, -0.05) is 17.7 Å². The van der Waals surface area contributed by atoms with Gasteiger partial charge in [-0.3, -0.25) is 4.55 Å². The number of hydrogen-bond donors (Lipinski definition) is 2. The third-order valence-electron chi connectivity index (χ3n) is 4.35. The number of rotatable bonds is 1. The number of aryl methyl sites for hydroxylation is 1. The molecule has 1 amide bonds. The van der Waals surface area contributed by atoms with E-state index in [2.05, 4.69) is 5.32 Å². The largest absolute Gasteiger partial charge is 0.444 e. The highest BCUT2D eigenvalue weighted by molar-refractivity contribution is 7.85. The lowest BCUT2D eigenvalue weighted by molar-refractivity contribution is -0.0385. The maximum Gasteiger partial charge on any atom is 0.410 e. The van der Waals surface area contributed by atoms with Crippen molar-refractivity contribution in [2.45, 2.75) is 50.7 Å². The molecule has 3 rings (SSSR count). The Labute approximate surface area is 155 Å². The molecule has 0 radical (unpaired) electrons. The monoisotopic (exact) mass is 384 g/mol. The van der Waals surface area contributed by atoms with E-state index in [0.717, 1.165) is 31.6 Å². The van der Waals surface area contributed by atoms with Gasteiger partial charge in [0.1, 0.15) is 5.60 Å². The van der Waals surface area contributed by atoms with Gasteiger partial charge in [-0.15, -0.1) is 0 Å². The molecule has 26 heavy (non-hydrogen) atoms. The zero-order chi connectivity index (χ0) is 19.5. The summed E-state index contributed by atoms with van der Waals surface area (Å²) >= 11 is 0. The van der Waals surface area contributed by atoms with Crippen molar-refractivity contribution in [2.24, 2.45) is 5.92 Å². The summed E-state index contributed by atoms with van der Waals surface area (Å²) in [5.41, 5.74) is 0.576. The minimum absolute atomic E-state index is 0.0666. The Kier molecular flexibility index (Phi) is 6.31. The summed E-state index contributed by atoms with van der Waals surface area (Å²) in [5, 5.41) is 3.35. The molecule has 1 aromatic carbocycles. The highest BCUT2D eigenvalue weighted by atomic mass is 32.2. The second-order valence-corrected chi connectivity index (χ2v) is 9.16. The van der Waals surface area contributed by atoms with E-state index in [-0.39, 0.29) is 16.6 Å². The zero-order valence-electron chi connectivity index (χ0n) is 15.7. The third-order valence-corrected chi connectivity index (χ3v) is 5.21. The van der Waals surface area contributed by atoms with Gasteiger partial charge in [0.25, 0.3) is 10.1 Å². The van der Waals surface area contributed by atoms with Crippen LogP contribution >= 0.6 is 0 Å². The molecule has 2 heterocycles. The topological polar surface area (TPSA) is 95.9 Å². The second-order valence-electron chi connectivity index (χ2n) is 7.74. The Balaban J connectivity index is 0.000000197. The highest BCUT2D eigenvalue weighted by Gasteiger charge is 2.44. The summed E-state index contributed by atoms with van der Waals surface area (Å²) in [4.78, 5) is 13.6. The van der Waals surface area contributed by atoms with Crippen molar-refractivity contribution in [3.63, 3.8) is 0 Å². The molecule has 0 aromatic heterocycles. The predicted molar refractivity (Wildman–Crippen MR) is 98.7 cm³/mol. The van der Waals surface area contributed by atoms with Gasteiger partial charge in [0.2, 0.25) is 0 Å². The van der Waals surface area contributed by atoms with Crippen LogP contribution in [0.2, 0.25) is 0 Å². The van der Waals surface area contributed by atoms with E-state index in [1.807, 2.05) is 32.6 Å². The van der Waals surface area contributed by atoms with Crippen molar-refractivity contribution in [2.75, 3.05) is 19.6 Å². The van der Waals surface area contributed by atoms with Gasteiger partial charge < -0.3 is 15.0 Å². The molecule has 2 atom stereocenters.